The molecule has 1 fully saturated rings. The number of likely N-dealkylation sites (tertiary alicyclic amines) is 1. The molecular formula is C18H26N2O3. The van der Waals surface area contributed by atoms with E-state index in [0.29, 0.717) is 30.0 Å². The van der Waals surface area contributed by atoms with Crippen LogP contribution in [0.15, 0.2) is 18.2 Å². The van der Waals surface area contributed by atoms with Crippen molar-refractivity contribution in [2.24, 2.45) is 0 Å². The first-order valence-corrected chi connectivity index (χ1v) is 8.32. The molecule has 2 rings (SSSR count). The van der Waals surface area contributed by atoms with Gasteiger partial charge in [-0.1, -0.05) is 0 Å². The van der Waals surface area contributed by atoms with Gasteiger partial charge in [-0.3, -0.25) is 9.59 Å². The van der Waals surface area contributed by atoms with Gasteiger partial charge in [0.15, 0.2) is 6.29 Å². The third-order valence-corrected chi connectivity index (χ3v) is 4.40. The van der Waals surface area contributed by atoms with E-state index < -0.39 is 0 Å². The maximum Gasteiger partial charge on any atom is 0.254 e. The van der Waals surface area contributed by atoms with Gasteiger partial charge in [-0.2, -0.15) is 0 Å². The molecule has 1 aliphatic rings. The lowest BCUT2D eigenvalue weighted by Gasteiger charge is -2.29. The second-order valence-electron chi connectivity index (χ2n) is 5.96. The van der Waals surface area contributed by atoms with Gasteiger partial charge in [0, 0.05) is 31.7 Å². The van der Waals surface area contributed by atoms with Crippen molar-refractivity contribution in [3.05, 3.63) is 29.3 Å². The van der Waals surface area contributed by atoms with Crippen LogP contribution in [0.4, 0.5) is 0 Å². The molecule has 5 nitrogen and oxygen atoms in total. The van der Waals surface area contributed by atoms with Crippen molar-refractivity contribution in [1.82, 2.24) is 9.80 Å². The van der Waals surface area contributed by atoms with Gasteiger partial charge < -0.3 is 14.5 Å². The topological polar surface area (TPSA) is 49.9 Å². The first kappa shape index (κ1) is 17.5. The van der Waals surface area contributed by atoms with Crippen LogP contribution in [-0.2, 0) is 0 Å². The summed E-state index contributed by atoms with van der Waals surface area (Å²) in [6, 6.07) is 5.18. The molecular weight excluding hydrogens is 292 g/mol. The predicted octanol–water partition coefficient (Wildman–Crippen LogP) is 2.45. The van der Waals surface area contributed by atoms with Gasteiger partial charge in [0.25, 0.3) is 5.91 Å². The number of carbonyl (C=O) groups excluding carboxylic acids is 2. The van der Waals surface area contributed by atoms with Crippen LogP contribution in [0.1, 0.15) is 47.4 Å². The number of hydrogen-bond acceptors (Lipinski definition) is 4. The Balaban J connectivity index is 2.13. The van der Waals surface area contributed by atoms with Crippen LogP contribution in [0, 0.1) is 0 Å². The lowest BCUT2D eigenvalue weighted by Crippen LogP contribution is -2.35. The van der Waals surface area contributed by atoms with E-state index in [4.69, 9.17) is 4.74 Å². The summed E-state index contributed by atoms with van der Waals surface area (Å²) in [6.45, 7) is 7.15. The first-order valence-electron chi connectivity index (χ1n) is 8.32. The molecule has 5 heteroatoms. The fourth-order valence-electron chi connectivity index (χ4n) is 2.88. The molecule has 0 aliphatic carbocycles. The molecule has 1 saturated heterocycles. The van der Waals surface area contributed by atoms with Crippen LogP contribution in [-0.4, -0.2) is 61.3 Å². The fourth-order valence-corrected chi connectivity index (χ4v) is 2.88. The van der Waals surface area contributed by atoms with Gasteiger partial charge in [0.05, 0.1) is 5.56 Å². The van der Waals surface area contributed by atoms with E-state index in [2.05, 4.69) is 11.9 Å². The monoisotopic (exact) mass is 318 g/mol. The highest BCUT2D eigenvalue weighted by Crippen LogP contribution is 2.22. The Morgan fingerprint density at radius 3 is 2.52 bits per heavy atom. The third-order valence-electron chi connectivity index (χ3n) is 4.40. The van der Waals surface area contributed by atoms with Crippen LogP contribution in [0.5, 0.6) is 5.75 Å². The van der Waals surface area contributed by atoms with Crippen LogP contribution in [0.2, 0.25) is 0 Å². The molecule has 0 saturated carbocycles. The van der Waals surface area contributed by atoms with Gasteiger partial charge in [-0.05, 0) is 51.9 Å². The summed E-state index contributed by atoms with van der Waals surface area (Å²) in [5.41, 5.74) is 0.840. The molecule has 0 aromatic heterocycles. The summed E-state index contributed by atoms with van der Waals surface area (Å²) >= 11 is 0. The molecule has 1 heterocycles. The normalized spacial score (nSPS) is 16.1. The van der Waals surface area contributed by atoms with E-state index in [1.807, 2.05) is 13.8 Å². The number of carbonyl (C=O) groups is 2. The lowest BCUT2D eigenvalue weighted by molar-refractivity contribution is 0.0769. The Bertz CT molecular complexity index is 547. The zero-order valence-electron chi connectivity index (χ0n) is 14.2. The number of ether oxygens (including phenoxy) is 1. The minimum absolute atomic E-state index is 0.108. The quantitative estimate of drug-likeness (QED) is 0.756. The molecule has 0 bridgehead atoms. The zero-order valence-corrected chi connectivity index (χ0v) is 14.2. The van der Waals surface area contributed by atoms with E-state index in [9.17, 15) is 9.59 Å². The standard InChI is InChI=1S/C18H26N2O3/c1-4-20(5-2)18(22)17-7-6-16(12-14(17)13-21)23-15-8-10-19(3)11-9-15/h6-7,12-13,15H,4-5,8-11H2,1-3H3. The van der Waals surface area contributed by atoms with E-state index in [1.54, 1.807) is 23.1 Å². The van der Waals surface area contributed by atoms with Crippen molar-refractivity contribution in [2.45, 2.75) is 32.8 Å². The Morgan fingerprint density at radius 1 is 1.30 bits per heavy atom. The highest BCUT2D eigenvalue weighted by Gasteiger charge is 2.20. The Hall–Kier alpha value is -1.88. The molecule has 0 N–H and O–H groups in total. The minimum atomic E-state index is -0.108. The number of nitrogens with zero attached hydrogens (tertiary/aromatic N) is 2. The van der Waals surface area contributed by atoms with Gasteiger partial charge in [-0.15, -0.1) is 0 Å². The second-order valence-corrected chi connectivity index (χ2v) is 5.96. The van der Waals surface area contributed by atoms with E-state index >= 15 is 0 Å². The van der Waals surface area contributed by atoms with Crippen molar-refractivity contribution in [3.63, 3.8) is 0 Å². The van der Waals surface area contributed by atoms with E-state index in [0.717, 1.165) is 32.2 Å². The SMILES string of the molecule is CCN(CC)C(=O)c1ccc(OC2CCN(C)CC2)cc1C=O. The van der Waals surface area contributed by atoms with Crippen molar-refractivity contribution < 1.29 is 14.3 Å². The molecule has 0 radical (unpaired) electrons. The van der Waals surface area contributed by atoms with Gasteiger partial charge >= 0.3 is 0 Å². The molecule has 1 aromatic rings. The second kappa shape index (κ2) is 8.11. The molecule has 1 amide bonds. The molecule has 0 atom stereocenters. The summed E-state index contributed by atoms with van der Waals surface area (Å²) in [5.74, 6) is 0.556. The number of benzene rings is 1. The number of piperidine rings is 1. The zero-order chi connectivity index (χ0) is 16.8. The first-order chi connectivity index (χ1) is 11.1. The van der Waals surface area contributed by atoms with Gasteiger partial charge in [0.1, 0.15) is 11.9 Å². The molecule has 23 heavy (non-hydrogen) atoms. The van der Waals surface area contributed by atoms with Crippen LogP contribution >= 0.6 is 0 Å². The Morgan fingerprint density at radius 2 is 1.96 bits per heavy atom. The van der Waals surface area contributed by atoms with Crippen molar-refractivity contribution in [3.8, 4) is 5.75 Å². The largest absolute Gasteiger partial charge is 0.490 e. The summed E-state index contributed by atoms with van der Waals surface area (Å²) in [5, 5.41) is 0. The Kier molecular flexibility index (Phi) is 6.16. The van der Waals surface area contributed by atoms with Crippen LogP contribution in [0.3, 0.4) is 0 Å². The maximum atomic E-state index is 12.4. The summed E-state index contributed by atoms with van der Waals surface area (Å²) in [4.78, 5) is 27.8. The van der Waals surface area contributed by atoms with E-state index in [-0.39, 0.29) is 12.0 Å². The number of aldehydes is 1. The number of rotatable bonds is 6. The molecule has 126 valence electrons. The van der Waals surface area contributed by atoms with Crippen molar-refractivity contribution in [1.29, 1.82) is 0 Å². The lowest BCUT2D eigenvalue weighted by atomic mass is 10.1. The minimum Gasteiger partial charge on any atom is -0.490 e. The smallest absolute Gasteiger partial charge is 0.254 e. The highest BCUT2D eigenvalue weighted by molar-refractivity contribution is 6.01. The van der Waals surface area contributed by atoms with E-state index in [1.165, 1.54) is 0 Å². The maximum absolute atomic E-state index is 12.4. The molecule has 0 spiro atoms. The molecule has 0 unspecified atom stereocenters. The Labute approximate surface area is 138 Å². The van der Waals surface area contributed by atoms with Gasteiger partial charge in [-0.25, -0.2) is 0 Å². The number of hydrogen-bond donors (Lipinski definition) is 0. The number of amides is 1. The van der Waals surface area contributed by atoms with Crippen LogP contribution in [0.25, 0.3) is 0 Å². The predicted molar refractivity (Wildman–Crippen MR) is 90.2 cm³/mol. The van der Waals surface area contributed by atoms with Crippen molar-refractivity contribution >= 4 is 12.2 Å². The third kappa shape index (κ3) is 4.32. The average molecular weight is 318 g/mol. The summed E-state index contributed by atoms with van der Waals surface area (Å²) in [7, 11) is 2.11. The highest BCUT2D eigenvalue weighted by atomic mass is 16.5. The summed E-state index contributed by atoms with van der Waals surface area (Å²) < 4.78 is 5.98. The van der Waals surface area contributed by atoms with Gasteiger partial charge in [0.2, 0.25) is 0 Å². The average Bonchev–Trinajstić information content (AvgIpc) is 2.57. The van der Waals surface area contributed by atoms with Crippen LogP contribution < -0.4 is 4.74 Å². The molecule has 1 aliphatic heterocycles. The fraction of sp³-hybridized carbons (Fsp3) is 0.556. The summed E-state index contributed by atoms with van der Waals surface area (Å²) in [6.07, 6.45) is 2.87. The van der Waals surface area contributed by atoms with Crippen molar-refractivity contribution in [2.75, 3.05) is 33.2 Å². The molecule has 1 aromatic carbocycles.